The number of anilines is 1. The van der Waals surface area contributed by atoms with Crippen LogP contribution in [-0.2, 0) is 4.79 Å². The van der Waals surface area contributed by atoms with Gasteiger partial charge in [-0.3, -0.25) is 9.89 Å². The highest BCUT2D eigenvalue weighted by molar-refractivity contribution is 5.96. The van der Waals surface area contributed by atoms with E-state index in [0.717, 1.165) is 28.9 Å². The van der Waals surface area contributed by atoms with E-state index < -0.39 is 0 Å². The lowest BCUT2D eigenvalue weighted by Gasteiger charge is -2.15. The second kappa shape index (κ2) is 6.92. The van der Waals surface area contributed by atoms with Gasteiger partial charge in [0.2, 0.25) is 5.91 Å². The molecular formula is C19H19N3O. The first-order valence-electron chi connectivity index (χ1n) is 7.73. The van der Waals surface area contributed by atoms with E-state index in [1.54, 1.807) is 6.20 Å². The molecule has 1 aromatic heterocycles. The summed E-state index contributed by atoms with van der Waals surface area (Å²) in [5.74, 6) is -0.132. The second-order valence-electron chi connectivity index (χ2n) is 5.41. The number of aromatic amines is 1. The minimum absolute atomic E-state index is 0.0143. The number of aromatic nitrogens is 2. The van der Waals surface area contributed by atoms with Gasteiger partial charge < -0.3 is 5.32 Å². The SMILES string of the molecule is CCC(C(=O)Nc1cccc(-c2ccn[nH]2)c1)c1ccccc1. The van der Waals surface area contributed by atoms with E-state index in [-0.39, 0.29) is 11.8 Å². The summed E-state index contributed by atoms with van der Waals surface area (Å²) in [6, 6.07) is 19.5. The van der Waals surface area contributed by atoms with Crippen molar-refractivity contribution in [3.8, 4) is 11.3 Å². The van der Waals surface area contributed by atoms with Crippen molar-refractivity contribution >= 4 is 11.6 Å². The van der Waals surface area contributed by atoms with E-state index >= 15 is 0 Å². The van der Waals surface area contributed by atoms with Crippen molar-refractivity contribution in [2.24, 2.45) is 0 Å². The zero-order chi connectivity index (χ0) is 16.1. The Bertz CT molecular complexity index is 766. The van der Waals surface area contributed by atoms with E-state index in [0.29, 0.717) is 0 Å². The fourth-order valence-corrected chi connectivity index (χ4v) is 2.67. The number of nitrogens with zero attached hydrogens (tertiary/aromatic N) is 1. The number of benzene rings is 2. The van der Waals surface area contributed by atoms with Crippen LogP contribution in [0.15, 0.2) is 66.9 Å². The third-order valence-corrected chi connectivity index (χ3v) is 3.87. The van der Waals surface area contributed by atoms with Gasteiger partial charge in [-0.15, -0.1) is 0 Å². The lowest BCUT2D eigenvalue weighted by atomic mass is 9.95. The summed E-state index contributed by atoms with van der Waals surface area (Å²) in [6.45, 7) is 2.03. The molecule has 0 bridgehead atoms. The monoisotopic (exact) mass is 305 g/mol. The quantitative estimate of drug-likeness (QED) is 0.742. The molecule has 1 atom stereocenters. The van der Waals surface area contributed by atoms with Gasteiger partial charge in [-0.2, -0.15) is 5.10 Å². The molecule has 0 aliphatic rings. The van der Waals surface area contributed by atoms with Gasteiger partial charge in [-0.1, -0.05) is 49.4 Å². The molecule has 0 spiro atoms. The summed E-state index contributed by atoms with van der Waals surface area (Å²) < 4.78 is 0. The maximum atomic E-state index is 12.6. The van der Waals surface area contributed by atoms with Crippen LogP contribution >= 0.6 is 0 Å². The maximum absolute atomic E-state index is 12.6. The molecule has 4 nitrogen and oxygen atoms in total. The Labute approximate surface area is 135 Å². The average Bonchev–Trinajstić information content (AvgIpc) is 3.11. The Hall–Kier alpha value is -2.88. The van der Waals surface area contributed by atoms with Crippen LogP contribution in [-0.4, -0.2) is 16.1 Å². The second-order valence-corrected chi connectivity index (χ2v) is 5.41. The minimum atomic E-state index is -0.146. The Morgan fingerprint density at radius 3 is 2.65 bits per heavy atom. The van der Waals surface area contributed by atoms with Crippen LogP contribution in [0.5, 0.6) is 0 Å². The Kier molecular flexibility index (Phi) is 4.52. The van der Waals surface area contributed by atoms with Crippen molar-refractivity contribution in [3.63, 3.8) is 0 Å². The van der Waals surface area contributed by atoms with Gasteiger partial charge in [0.25, 0.3) is 0 Å². The number of hydrogen-bond donors (Lipinski definition) is 2. The third kappa shape index (κ3) is 3.48. The van der Waals surface area contributed by atoms with Crippen LogP contribution in [0.4, 0.5) is 5.69 Å². The first kappa shape index (κ1) is 15.0. The molecule has 0 saturated carbocycles. The predicted molar refractivity (Wildman–Crippen MR) is 92.1 cm³/mol. The van der Waals surface area contributed by atoms with Crippen molar-refractivity contribution in [1.29, 1.82) is 0 Å². The number of carbonyl (C=O) groups excluding carboxylic acids is 1. The molecular weight excluding hydrogens is 286 g/mol. The Balaban J connectivity index is 1.78. The maximum Gasteiger partial charge on any atom is 0.231 e. The normalized spacial score (nSPS) is 11.9. The Morgan fingerprint density at radius 1 is 1.13 bits per heavy atom. The number of rotatable bonds is 5. The highest BCUT2D eigenvalue weighted by Crippen LogP contribution is 2.24. The molecule has 3 aromatic rings. The lowest BCUT2D eigenvalue weighted by Crippen LogP contribution is -2.20. The topological polar surface area (TPSA) is 57.8 Å². The summed E-state index contributed by atoms with van der Waals surface area (Å²) in [5, 5.41) is 9.91. The number of nitrogens with one attached hydrogen (secondary N) is 2. The summed E-state index contributed by atoms with van der Waals surface area (Å²) in [4.78, 5) is 12.6. The minimum Gasteiger partial charge on any atom is -0.326 e. The van der Waals surface area contributed by atoms with Gasteiger partial charge in [0, 0.05) is 17.4 Å². The summed E-state index contributed by atoms with van der Waals surface area (Å²) in [6.07, 6.45) is 2.47. The molecule has 1 amide bonds. The Morgan fingerprint density at radius 2 is 1.96 bits per heavy atom. The summed E-state index contributed by atoms with van der Waals surface area (Å²) in [7, 11) is 0. The predicted octanol–water partition coefficient (Wildman–Crippen LogP) is 4.21. The van der Waals surface area contributed by atoms with Gasteiger partial charge in [0.15, 0.2) is 0 Å². The van der Waals surface area contributed by atoms with Gasteiger partial charge in [-0.25, -0.2) is 0 Å². The van der Waals surface area contributed by atoms with Crippen molar-refractivity contribution < 1.29 is 4.79 Å². The van der Waals surface area contributed by atoms with E-state index in [1.165, 1.54) is 0 Å². The van der Waals surface area contributed by atoms with Crippen molar-refractivity contribution in [2.75, 3.05) is 5.32 Å². The largest absolute Gasteiger partial charge is 0.326 e. The van der Waals surface area contributed by atoms with Gasteiger partial charge >= 0.3 is 0 Å². The molecule has 116 valence electrons. The first-order chi connectivity index (χ1) is 11.3. The van der Waals surface area contributed by atoms with E-state index in [4.69, 9.17) is 0 Å². The smallest absolute Gasteiger partial charge is 0.231 e. The van der Waals surface area contributed by atoms with Crippen molar-refractivity contribution in [2.45, 2.75) is 19.3 Å². The number of carbonyl (C=O) groups is 1. The molecule has 0 aliphatic heterocycles. The molecule has 3 rings (SSSR count). The highest BCUT2D eigenvalue weighted by atomic mass is 16.1. The third-order valence-electron chi connectivity index (χ3n) is 3.87. The lowest BCUT2D eigenvalue weighted by molar-refractivity contribution is -0.117. The molecule has 23 heavy (non-hydrogen) atoms. The molecule has 0 aliphatic carbocycles. The number of amides is 1. The van der Waals surface area contributed by atoms with Gasteiger partial charge in [-0.05, 0) is 30.2 Å². The van der Waals surface area contributed by atoms with E-state index in [1.807, 2.05) is 67.6 Å². The molecule has 2 aromatic carbocycles. The molecule has 1 heterocycles. The van der Waals surface area contributed by atoms with Crippen molar-refractivity contribution in [3.05, 3.63) is 72.4 Å². The van der Waals surface area contributed by atoms with Crippen LogP contribution < -0.4 is 5.32 Å². The fraction of sp³-hybridized carbons (Fsp3) is 0.158. The van der Waals surface area contributed by atoms with Crippen LogP contribution in [0.1, 0.15) is 24.8 Å². The van der Waals surface area contributed by atoms with Crippen LogP contribution in [0, 0.1) is 0 Å². The van der Waals surface area contributed by atoms with Crippen LogP contribution in [0.3, 0.4) is 0 Å². The zero-order valence-electron chi connectivity index (χ0n) is 13.0. The van der Waals surface area contributed by atoms with Crippen LogP contribution in [0.25, 0.3) is 11.3 Å². The highest BCUT2D eigenvalue weighted by Gasteiger charge is 2.18. The van der Waals surface area contributed by atoms with Gasteiger partial charge in [0.05, 0.1) is 11.6 Å². The number of H-pyrrole nitrogens is 1. The standard InChI is InChI=1S/C19H19N3O/c1-2-17(14-7-4-3-5-8-14)19(23)21-16-10-6-9-15(13-16)18-11-12-20-22-18/h3-13,17H,2H2,1H3,(H,20,22)(H,21,23). The van der Waals surface area contributed by atoms with E-state index in [2.05, 4.69) is 15.5 Å². The summed E-state index contributed by atoms with van der Waals surface area (Å²) in [5.41, 5.74) is 3.75. The zero-order valence-corrected chi connectivity index (χ0v) is 13.0. The summed E-state index contributed by atoms with van der Waals surface area (Å²) >= 11 is 0. The van der Waals surface area contributed by atoms with Crippen molar-refractivity contribution in [1.82, 2.24) is 10.2 Å². The first-order valence-corrected chi connectivity index (χ1v) is 7.73. The molecule has 4 heteroatoms. The van der Waals surface area contributed by atoms with Crippen LogP contribution in [0.2, 0.25) is 0 Å². The molecule has 0 saturated heterocycles. The molecule has 1 unspecified atom stereocenters. The number of hydrogen-bond acceptors (Lipinski definition) is 2. The van der Waals surface area contributed by atoms with E-state index in [9.17, 15) is 4.79 Å². The molecule has 2 N–H and O–H groups in total. The average molecular weight is 305 g/mol. The molecule has 0 fully saturated rings. The van der Waals surface area contributed by atoms with Gasteiger partial charge in [0.1, 0.15) is 0 Å². The fourth-order valence-electron chi connectivity index (χ4n) is 2.67. The molecule has 0 radical (unpaired) electrons.